The predicted molar refractivity (Wildman–Crippen MR) is 83.2 cm³/mol. The van der Waals surface area contributed by atoms with Crippen LogP contribution in [0.5, 0.6) is 11.5 Å². The van der Waals surface area contributed by atoms with Gasteiger partial charge in [-0.25, -0.2) is 0 Å². The molecule has 0 aliphatic carbocycles. The van der Waals surface area contributed by atoms with Gasteiger partial charge >= 0.3 is 0 Å². The molecule has 1 aromatic carbocycles. The summed E-state index contributed by atoms with van der Waals surface area (Å²) >= 11 is 0. The van der Waals surface area contributed by atoms with Crippen molar-refractivity contribution >= 4 is 0 Å². The van der Waals surface area contributed by atoms with E-state index in [9.17, 15) is 0 Å². The second-order valence-corrected chi connectivity index (χ2v) is 5.45. The second-order valence-electron chi connectivity index (χ2n) is 5.45. The molecule has 1 aromatic rings. The highest BCUT2D eigenvalue weighted by Gasteiger charge is 2.12. The van der Waals surface area contributed by atoms with Crippen molar-refractivity contribution in [3.8, 4) is 11.5 Å². The SMILES string of the molecule is CC(C)/C=C/CC/C=C/CCc1ccc2c(c1)OCO2. The number of ether oxygens (including phenoxy) is 2. The molecule has 2 heteroatoms. The Labute approximate surface area is 122 Å². The van der Waals surface area contributed by atoms with Crippen LogP contribution in [0.2, 0.25) is 0 Å². The molecule has 0 aromatic heterocycles. The summed E-state index contributed by atoms with van der Waals surface area (Å²) in [7, 11) is 0. The molecule has 0 amide bonds. The van der Waals surface area contributed by atoms with Crippen LogP contribution in [0.4, 0.5) is 0 Å². The summed E-state index contributed by atoms with van der Waals surface area (Å²) in [5.41, 5.74) is 1.30. The average Bonchev–Trinajstić information content (AvgIpc) is 2.89. The molecular formula is C18H24O2. The van der Waals surface area contributed by atoms with Gasteiger partial charge in [0.25, 0.3) is 0 Å². The number of hydrogen-bond acceptors (Lipinski definition) is 2. The molecule has 1 heterocycles. The third-order valence-corrected chi connectivity index (χ3v) is 3.22. The van der Waals surface area contributed by atoms with Crippen molar-refractivity contribution < 1.29 is 9.47 Å². The Hall–Kier alpha value is -1.70. The van der Waals surface area contributed by atoms with Crippen LogP contribution < -0.4 is 9.47 Å². The van der Waals surface area contributed by atoms with Crippen molar-refractivity contribution in [3.05, 3.63) is 48.1 Å². The van der Waals surface area contributed by atoms with Gasteiger partial charge in [-0.15, -0.1) is 0 Å². The Bertz CT molecular complexity index is 472. The topological polar surface area (TPSA) is 18.5 Å². The van der Waals surface area contributed by atoms with E-state index in [4.69, 9.17) is 9.47 Å². The van der Waals surface area contributed by atoms with E-state index in [0.717, 1.165) is 37.2 Å². The molecular weight excluding hydrogens is 248 g/mol. The molecule has 2 nitrogen and oxygen atoms in total. The van der Waals surface area contributed by atoms with Crippen LogP contribution in [0.3, 0.4) is 0 Å². The third kappa shape index (κ3) is 4.76. The number of fused-ring (bicyclic) bond motifs is 1. The molecule has 20 heavy (non-hydrogen) atoms. The van der Waals surface area contributed by atoms with Gasteiger partial charge in [-0.3, -0.25) is 0 Å². The molecule has 2 rings (SSSR count). The summed E-state index contributed by atoms with van der Waals surface area (Å²) in [6, 6.07) is 6.20. The average molecular weight is 272 g/mol. The third-order valence-electron chi connectivity index (χ3n) is 3.22. The van der Waals surface area contributed by atoms with Crippen LogP contribution in [0.1, 0.15) is 38.7 Å². The van der Waals surface area contributed by atoms with Crippen LogP contribution in [-0.4, -0.2) is 6.79 Å². The van der Waals surface area contributed by atoms with Gasteiger partial charge in [-0.1, -0.05) is 44.2 Å². The monoisotopic (exact) mass is 272 g/mol. The van der Waals surface area contributed by atoms with Crippen LogP contribution in [-0.2, 0) is 6.42 Å². The van der Waals surface area contributed by atoms with E-state index in [0.29, 0.717) is 12.7 Å². The summed E-state index contributed by atoms with van der Waals surface area (Å²) in [5.74, 6) is 2.40. The normalized spacial score (nSPS) is 13.9. The molecule has 0 fully saturated rings. The molecule has 1 aliphatic heterocycles. The van der Waals surface area contributed by atoms with Crippen molar-refractivity contribution in [2.45, 2.75) is 39.5 Å². The van der Waals surface area contributed by atoms with E-state index < -0.39 is 0 Å². The lowest BCUT2D eigenvalue weighted by molar-refractivity contribution is 0.174. The van der Waals surface area contributed by atoms with Crippen LogP contribution in [0.25, 0.3) is 0 Å². The molecule has 0 unspecified atom stereocenters. The minimum Gasteiger partial charge on any atom is -0.454 e. The maximum absolute atomic E-state index is 5.38. The quantitative estimate of drug-likeness (QED) is 0.519. The Morgan fingerprint density at radius 3 is 2.60 bits per heavy atom. The summed E-state index contributed by atoms with van der Waals surface area (Å²) in [6.45, 7) is 4.76. The van der Waals surface area contributed by atoms with Crippen LogP contribution >= 0.6 is 0 Å². The van der Waals surface area contributed by atoms with Crippen LogP contribution in [0, 0.1) is 5.92 Å². The van der Waals surface area contributed by atoms with Crippen molar-refractivity contribution in [2.75, 3.05) is 6.79 Å². The van der Waals surface area contributed by atoms with Crippen molar-refractivity contribution in [1.29, 1.82) is 0 Å². The molecule has 1 aliphatic rings. The number of allylic oxidation sites excluding steroid dienone is 4. The first-order valence-corrected chi connectivity index (χ1v) is 7.46. The first-order valence-electron chi connectivity index (χ1n) is 7.46. The molecule has 0 saturated carbocycles. The summed E-state index contributed by atoms with van der Waals surface area (Å²) in [6.07, 6.45) is 13.5. The number of unbranched alkanes of at least 4 members (excludes halogenated alkanes) is 1. The Morgan fingerprint density at radius 2 is 1.75 bits per heavy atom. The highest BCUT2D eigenvalue weighted by molar-refractivity contribution is 5.44. The summed E-state index contributed by atoms with van der Waals surface area (Å²) in [5, 5.41) is 0. The first-order chi connectivity index (χ1) is 9.75. The highest BCUT2D eigenvalue weighted by atomic mass is 16.7. The van der Waals surface area contributed by atoms with Gasteiger partial charge in [0.05, 0.1) is 0 Å². The molecule has 0 radical (unpaired) electrons. The number of hydrogen-bond donors (Lipinski definition) is 0. The lowest BCUT2D eigenvalue weighted by Crippen LogP contribution is -1.92. The van der Waals surface area contributed by atoms with Gasteiger partial charge in [-0.2, -0.15) is 0 Å². The van der Waals surface area contributed by atoms with Crippen molar-refractivity contribution in [2.24, 2.45) is 5.92 Å². The van der Waals surface area contributed by atoms with E-state index in [-0.39, 0.29) is 0 Å². The van der Waals surface area contributed by atoms with E-state index in [1.165, 1.54) is 5.56 Å². The predicted octanol–water partition coefficient (Wildman–Crippen LogP) is 4.90. The zero-order valence-electron chi connectivity index (χ0n) is 12.5. The van der Waals surface area contributed by atoms with Crippen LogP contribution in [0.15, 0.2) is 42.5 Å². The van der Waals surface area contributed by atoms with Crippen molar-refractivity contribution in [1.82, 2.24) is 0 Å². The van der Waals surface area contributed by atoms with Gasteiger partial charge in [-0.05, 0) is 49.3 Å². The zero-order chi connectivity index (χ0) is 14.2. The molecule has 0 spiro atoms. The standard InChI is InChI=1S/C18H24O2/c1-15(2)9-7-5-3-4-6-8-10-16-11-12-17-18(13-16)20-14-19-17/h4,6-7,9,11-13,15H,3,5,8,10,14H2,1-2H3/b6-4+,9-7+. The fourth-order valence-electron chi connectivity index (χ4n) is 2.14. The second kappa shape index (κ2) is 7.78. The van der Waals surface area contributed by atoms with E-state index in [1.807, 2.05) is 6.07 Å². The molecule has 0 bridgehead atoms. The fraction of sp³-hybridized carbons (Fsp3) is 0.444. The van der Waals surface area contributed by atoms with Gasteiger partial charge in [0.15, 0.2) is 11.5 Å². The largest absolute Gasteiger partial charge is 0.454 e. The van der Waals surface area contributed by atoms with E-state index >= 15 is 0 Å². The summed E-state index contributed by atoms with van der Waals surface area (Å²) in [4.78, 5) is 0. The number of aryl methyl sites for hydroxylation is 1. The van der Waals surface area contributed by atoms with Gasteiger partial charge in [0.1, 0.15) is 0 Å². The Kier molecular flexibility index (Phi) is 5.72. The van der Waals surface area contributed by atoms with Gasteiger partial charge < -0.3 is 9.47 Å². The lowest BCUT2D eigenvalue weighted by atomic mass is 10.1. The first kappa shape index (κ1) is 14.7. The highest BCUT2D eigenvalue weighted by Crippen LogP contribution is 2.32. The zero-order valence-corrected chi connectivity index (χ0v) is 12.5. The minimum absolute atomic E-state index is 0.350. The van der Waals surface area contributed by atoms with E-state index in [1.54, 1.807) is 0 Å². The maximum atomic E-state index is 5.38. The molecule has 0 atom stereocenters. The van der Waals surface area contributed by atoms with Crippen molar-refractivity contribution in [3.63, 3.8) is 0 Å². The van der Waals surface area contributed by atoms with Gasteiger partial charge in [0, 0.05) is 0 Å². The minimum atomic E-state index is 0.350. The summed E-state index contributed by atoms with van der Waals surface area (Å²) < 4.78 is 10.7. The Balaban J connectivity index is 1.65. The van der Waals surface area contributed by atoms with Gasteiger partial charge in [0.2, 0.25) is 6.79 Å². The molecule has 0 saturated heterocycles. The van der Waals surface area contributed by atoms with E-state index in [2.05, 4.69) is 50.3 Å². The number of rotatable bonds is 7. The number of benzene rings is 1. The maximum Gasteiger partial charge on any atom is 0.231 e. The smallest absolute Gasteiger partial charge is 0.231 e. The lowest BCUT2D eigenvalue weighted by Gasteiger charge is -2.00. The molecule has 0 N–H and O–H groups in total. The Morgan fingerprint density at radius 1 is 1.00 bits per heavy atom. The molecule has 108 valence electrons. The fourth-order valence-corrected chi connectivity index (χ4v) is 2.14.